The maximum atomic E-state index is 12.5. The first-order valence-electron chi connectivity index (χ1n) is 8.35. The molecule has 0 radical (unpaired) electrons. The van der Waals surface area contributed by atoms with Crippen LogP contribution in [-0.4, -0.2) is 18.0 Å². The lowest BCUT2D eigenvalue weighted by Crippen LogP contribution is -2.31. The molecule has 1 unspecified atom stereocenters. The number of aryl methyl sites for hydroxylation is 1. The molecule has 2 heterocycles. The van der Waals surface area contributed by atoms with Gasteiger partial charge in [0.2, 0.25) is 11.2 Å². The van der Waals surface area contributed by atoms with Crippen LogP contribution < -0.4 is 15.5 Å². The van der Waals surface area contributed by atoms with Gasteiger partial charge in [0.1, 0.15) is 6.26 Å². The van der Waals surface area contributed by atoms with Gasteiger partial charge in [-0.1, -0.05) is 23.7 Å². The topological polar surface area (TPSA) is 84.3 Å². The highest BCUT2D eigenvalue weighted by molar-refractivity contribution is 6.35. The van der Waals surface area contributed by atoms with E-state index in [0.717, 1.165) is 48.2 Å². The molecule has 1 amide bonds. The number of aromatic amines is 1. The van der Waals surface area contributed by atoms with Crippen molar-refractivity contribution in [2.75, 3.05) is 7.11 Å². The van der Waals surface area contributed by atoms with Gasteiger partial charge in [0.15, 0.2) is 5.76 Å². The van der Waals surface area contributed by atoms with Crippen LogP contribution in [-0.2, 0) is 6.42 Å². The zero-order chi connectivity index (χ0) is 18.3. The van der Waals surface area contributed by atoms with E-state index in [1.165, 1.54) is 12.7 Å². The van der Waals surface area contributed by atoms with Crippen LogP contribution in [0.2, 0.25) is 5.02 Å². The van der Waals surface area contributed by atoms with Gasteiger partial charge in [-0.2, -0.15) is 0 Å². The number of aromatic nitrogens is 1. The number of halogens is 1. The number of amides is 1. The Morgan fingerprint density at radius 1 is 1.42 bits per heavy atom. The molecule has 26 heavy (non-hydrogen) atoms. The highest BCUT2D eigenvalue weighted by Crippen LogP contribution is 2.37. The first-order valence-corrected chi connectivity index (χ1v) is 8.73. The van der Waals surface area contributed by atoms with Gasteiger partial charge in [0.25, 0.3) is 5.91 Å². The highest BCUT2D eigenvalue weighted by Gasteiger charge is 2.27. The van der Waals surface area contributed by atoms with Crippen LogP contribution in [0.1, 0.15) is 40.7 Å². The minimum atomic E-state index is -0.438. The minimum Gasteiger partial charge on any atom is -0.490 e. The molecule has 1 aliphatic carbocycles. The molecule has 134 valence electrons. The highest BCUT2D eigenvalue weighted by atomic mass is 35.5. The van der Waals surface area contributed by atoms with Crippen LogP contribution in [0.5, 0.6) is 5.75 Å². The van der Waals surface area contributed by atoms with E-state index >= 15 is 0 Å². The molecule has 0 aliphatic heterocycles. The number of methoxy groups -OCH3 is 1. The molecular weight excluding hydrogens is 356 g/mol. The van der Waals surface area contributed by atoms with Crippen molar-refractivity contribution < 1.29 is 13.9 Å². The predicted octanol–water partition coefficient (Wildman–Crippen LogP) is 3.59. The second-order valence-electron chi connectivity index (χ2n) is 6.27. The van der Waals surface area contributed by atoms with Crippen molar-refractivity contribution in [2.45, 2.75) is 25.3 Å². The molecule has 1 aromatic carbocycles. The second-order valence-corrected chi connectivity index (χ2v) is 6.68. The summed E-state index contributed by atoms with van der Waals surface area (Å²) in [7, 11) is 1.37. The van der Waals surface area contributed by atoms with Crippen molar-refractivity contribution in [1.82, 2.24) is 10.3 Å². The number of H-pyrrole nitrogens is 1. The van der Waals surface area contributed by atoms with Crippen LogP contribution in [0.3, 0.4) is 0 Å². The quantitative estimate of drug-likeness (QED) is 0.735. The van der Waals surface area contributed by atoms with Crippen LogP contribution in [0.4, 0.5) is 0 Å². The smallest absolute Gasteiger partial charge is 0.287 e. The molecule has 0 fully saturated rings. The summed E-state index contributed by atoms with van der Waals surface area (Å²) in [5.41, 5.74) is 2.63. The van der Waals surface area contributed by atoms with Crippen LogP contribution >= 0.6 is 11.6 Å². The van der Waals surface area contributed by atoms with E-state index in [1.54, 1.807) is 0 Å². The van der Waals surface area contributed by atoms with Crippen molar-refractivity contribution in [3.05, 3.63) is 62.8 Å². The van der Waals surface area contributed by atoms with Gasteiger partial charge in [0, 0.05) is 17.1 Å². The fourth-order valence-electron chi connectivity index (χ4n) is 3.49. The summed E-state index contributed by atoms with van der Waals surface area (Å²) in [5, 5.41) is 4.69. The zero-order valence-electron chi connectivity index (χ0n) is 14.1. The maximum Gasteiger partial charge on any atom is 0.287 e. The normalized spacial score (nSPS) is 16.3. The molecule has 2 N–H and O–H groups in total. The molecule has 0 saturated carbocycles. The molecule has 6 nitrogen and oxygen atoms in total. The van der Waals surface area contributed by atoms with E-state index in [0.29, 0.717) is 5.02 Å². The number of hydrogen-bond donors (Lipinski definition) is 2. The molecule has 7 heteroatoms. The van der Waals surface area contributed by atoms with Crippen LogP contribution in [0.25, 0.3) is 10.9 Å². The first kappa shape index (κ1) is 16.7. The van der Waals surface area contributed by atoms with E-state index < -0.39 is 11.3 Å². The standard InChI is InChI=1S/C19H17ClN2O4/c1-25-16-9-26-15(8-14(16)23)19(24)21-13-7-3-5-11-10-4-2-6-12(20)17(10)22-18(11)13/h2,4,6,8-9,13,22H,3,5,7H2,1H3,(H,21,24). The van der Waals surface area contributed by atoms with Crippen molar-refractivity contribution >= 4 is 28.4 Å². The summed E-state index contributed by atoms with van der Waals surface area (Å²) in [4.78, 5) is 27.7. The van der Waals surface area contributed by atoms with Crippen LogP contribution in [0, 0.1) is 0 Å². The summed E-state index contributed by atoms with van der Waals surface area (Å²) >= 11 is 6.29. The first-order chi connectivity index (χ1) is 12.6. The fraction of sp³-hybridized carbons (Fsp3) is 0.263. The predicted molar refractivity (Wildman–Crippen MR) is 98.0 cm³/mol. The van der Waals surface area contributed by atoms with Gasteiger partial charge >= 0.3 is 0 Å². The van der Waals surface area contributed by atoms with Gasteiger partial charge < -0.3 is 19.5 Å². The summed E-state index contributed by atoms with van der Waals surface area (Å²) in [6.45, 7) is 0. The van der Waals surface area contributed by atoms with Gasteiger partial charge in [-0.25, -0.2) is 0 Å². The third-order valence-corrected chi connectivity index (χ3v) is 5.05. The Balaban J connectivity index is 1.65. The summed E-state index contributed by atoms with van der Waals surface area (Å²) in [5.74, 6) is -0.420. The number of fused-ring (bicyclic) bond motifs is 3. The fourth-order valence-corrected chi connectivity index (χ4v) is 3.71. The Bertz CT molecular complexity index is 1050. The number of nitrogens with one attached hydrogen (secondary N) is 2. The Morgan fingerprint density at radius 2 is 2.27 bits per heavy atom. The number of rotatable bonds is 3. The lowest BCUT2D eigenvalue weighted by Gasteiger charge is -2.23. The number of hydrogen-bond acceptors (Lipinski definition) is 4. The van der Waals surface area contributed by atoms with E-state index in [2.05, 4.69) is 10.3 Å². The van der Waals surface area contributed by atoms with E-state index in [4.69, 9.17) is 20.8 Å². The molecule has 3 aromatic rings. The number of carbonyl (C=O) groups excluding carboxylic acids is 1. The van der Waals surface area contributed by atoms with E-state index in [-0.39, 0.29) is 17.6 Å². The van der Waals surface area contributed by atoms with Crippen LogP contribution in [0.15, 0.2) is 39.7 Å². The average molecular weight is 373 g/mol. The third-order valence-electron chi connectivity index (χ3n) is 4.74. The molecule has 4 rings (SSSR count). The lowest BCUT2D eigenvalue weighted by molar-refractivity contribution is 0.0900. The molecule has 0 bridgehead atoms. The molecule has 1 atom stereocenters. The van der Waals surface area contributed by atoms with Crippen molar-refractivity contribution in [3.8, 4) is 5.75 Å². The van der Waals surface area contributed by atoms with Crippen molar-refractivity contribution in [2.24, 2.45) is 0 Å². The molecule has 2 aromatic heterocycles. The zero-order valence-corrected chi connectivity index (χ0v) is 14.9. The molecular formula is C19H17ClN2O4. The minimum absolute atomic E-state index is 0.0444. The molecule has 1 aliphatic rings. The second kappa shape index (κ2) is 6.53. The van der Waals surface area contributed by atoms with Gasteiger partial charge in [-0.05, 0) is 30.9 Å². The Morgan fingerprint density at radius 3 is 3.04 bits per heavy atom. The van der Waals surface area contributed by atoms with Gasteiger partial charge in [0.05, 0.1) is 23.7 Å². The number of ether oxygens (including phenoxy) is 1. The molecule has 0 spiro atoms. The number of para-hydroxylation sites is 1. The number of carbonyl (C=O) groups is 1. The monoisotopic (exact) mass is 372 g/mol. The Kier molecular flexibility index (Phi) is 4.20. The SMILES string of the molecule is COc1coc(C(=O)NC2CCCc3c2[nH]c2c(Cl)cccc32)cc1=O. The van der Waals surface area contributed by atoms with Crippen molar-refractivity contribution in [3.63, 3.8) is 0 Å². The summed E-state index contributed by atoms with van der Waals surface area (Å²) < 4.78 is 10.1. The molecule has 0 saturated heterocycles. The largest absolute Gasteiger partial charge is 0.490 e. The summed E-state index contributed by atoms with van der Waals surface area (Å²) in [6, 6.07) is 6.74. The summed E-state index contributed by atoms with van der Waals surface area (Å²) in [6.07, 6.45) is 3.82. The number of benzene rings is 1. The van der Waals surface area contributed by atoms with Gasteiger partial charge in [-0.15, -0.1) is 0 Å². The van der Waals surface area contributed by atoms with E-state index in [1.807, 2.05) is 18.2 Å². The lowest BCUT2D eigenvalue weighted by atomic mass is 9.91. The Labute approximate surface area is 154 Å². The Hall–Kier alpha value is -2.73. The van der Waals surface area contributed by atoms with E-state index in [9.17, 15) is 9.59 Å². The maximum absolute atomic E-state index is 12.5. The van der Waals surface area contributed by atoms with Crippen molar-refractivity contribution in [1.29, 1.82) is 0 Å². The third kappa shape index (κ3) is 2.76. The van der Waals surface area contributed by atoms with Gasteiger partial charge in [-0.3, -0.25) is 9.59 Å². The average Bonchev–Trinajstić information content (AvgIpc) is 3.03.